The summed E-state index contributed by atoms with van der Waals surface area (Å²) in [5.41, 5.74) is 3.95. The minimum atomic E-state index is 1.08. The summed E-state index contributed by atoms with van der Waals surface area (Å²) in [4.78, 5) is 4.40. The molecule has 14 heavy (non-hydrogen) atoms. The highest BCUT2D eigenvalue weighted by atomic mass is 14.6. The van der Waals surface area contributed by atoms with Crippen molar-refractivity contribution in [2.24, 2.45) is 0 Å². The molecule has 2 rings (SSSR count). The zero-order valence-corrected chi connectivity index (χ0v) is 8.75. The van der Waals surface area contributed by atoms with Gasteiger partial charge in [0.25, 0.3) is 0 Å². The molecule has 0 N–H and O–H groups in total. The van der Waals surface area contributed by atoms with E-state index in [1.807, 2.05) is 6.20 Å². The monoisotopic (exact) mass is 185 g/mol. The van der Waals surface area contributed by atoms with Crippen molar-refractivity contribution in [2.75, 3.05) is 0 Å². The molecule has 2 aromatic rings. The highest BCUT2D eigenvalue weighted by molar-refractivity contribution is 5.85. The van der Waals surface area contributed by atoms with Crippen LogP contribution in [0.3, 0.4) is 0 Å². The zero-order valence-electron chi connectivity index (χ0n) is 8.75. The van der Waals surface area contributed by atoms with Gasteiger partial charge in [0.15, 0.2) is 0 Å². The Labute approximate surface area is 84.8 Å². The molecule has 0 bridgehead atoms. The number of rotatable bonds is 2. The van der Waals surface area contributed by atoms with Gasteiger partial charge < -0.3 is 0 Å². The van der Waals surface area contributed by atoms with Crippen molar-refractivity contribution in [3.8, 4) is 0 Å². The van der Waals surface area contributed by atoms with Crippen molar-refractivity contribution in [3.63, 3.8) is 0 Å². The smallest absolute Gasteiger partial charge is 0.0707 e. The minimum absolute atomic E-state index is 1.08. The fourth-order valence-corrected chi connectivity index (χ4v) is 1.95. The molecule has 1 nitrogen and oxygen atoms in total. The van der Waals surface area contributed by atoms with E-state index in [1.165, 1.54) is 16.5 Å². The molecule has 1 aromatic heterocycles. The summed E-state index contributed by atoms with van der Waals surface area (Å²) in [7, 11) is 0. The van der Waals surface area contributed by atoms with E-state index in [4.69, 9.17) is 0 Å². The minimum Gasteiger partial charge on any atom is -0.256 e. The molecule has 0 spiro atoms. The maximum absolute atomic E-state index is 4.40. The van der Waals surface area contributed by atoms with Crippen molar-refractivity contribution in [2.45, 2.75) is 26.7 Å². The van der Waals surface area contributed by atoms with Crippen LogP contribution >= 0.6 is 0 Å². The summed E-state index contributed by atoms with van der Waals surface area (Å²) in [5.74, 6) is 0. The molecule has 0 aliphatic carbocycles. The summed E-state index contributed by atoms with van der Waals surface area (Å²) in [6.07, 6.45) is 4.06. The summed E-state index contributed by atoms with van der Waals surface area (Å²) in [6.45, 7) is 4.39. The van der Waals surface area contributed by atoms with E-state index in [9.17, 15) is 0 Å². The normalized spacial score (nSPS) is 10.7. The van der Waals surface area contributed by atoms with Crippen LogP contribution in [-0.2, 0) is 12.8 Å². The second-order valence-corrected chi connectivity index (χ2v) is 3.49. The Morgan fingerprint density at radius 2 is 1.71 bits per heavy atom. The zero-order chi connectivity index (χ0) is 9.97. The van der Waals surface area contributed by atoms with Crippen LogP contribution < -0.4 is 0 Å². The maximum Gasteiger partial charge on any atom is 0.0707 e. The van der Waals surface area contributed by atoms with Gasteiger partial charge in [-0.15, -0.1) is 0 Å². The predicted molar refractivity (Wildman–Crippen MR) is 60.5 cm³/mol. The molecule has 72 valence electrons. The van der Waals surface area contributed by atoms with E-state index < -0.39 is 0 Å². The van der Waals surface area contributed by atoms with Gasteiger partial charge in [-0.25, -0.2) is 0 Å². The quantitative estimate of drug-likeness (QED) is 0.699. The van der Waals surface area contributed by atoms with Crippen LogP contribution in [0.25, 0.3) is 10.9 Å². The van der Waals surface area contributed by atoms with Gasteiger partial charge in [0.2, 0.25) is 0 Å². The SMILES string of the molecule is CCc1cccc2nccc(CC)c12. The number of aromatic nitrogens is 1. The van der Waals surface area contributed by atoms with Crippen molar-refractivity contribution in [1.29, 1.82) is 0 Å². The molecule has 0 aliphatic heterocycles. The Morgan fingerprint density at radius 1 is 1.00 bits per heavy atom. The first-order chi connectivity index (χ1) is 6.86. The second kappa shape index (κ2) is 3.79. The third kappa shape index (κ3) is 1.39. The van der Waals surface area contributed by atoms with Gasteiger partial charge >= 0.3 is 0 Å². The van der Waals surface area contributed by atoms with E-state index in [1.54, 1.807) is 0 Å². The maximum atomic E-state index is 4.40. The third-order valence-electron chi connectivity index (χ3n) is 2.70. The van der Waals surface area contributed by atoms with Crippen LogP contribution in [-0.4, -0.2) is 4.98 Å². The third-order valence-corrected chi connectivity index (χ3v) is 2.70. The number of hydrogen-bond acceptors (Lipinski definition) is 1. The Morgan fingerprint density at radius 3 is 2.43 bits per heavy atom. The fraction of sp³-hybridized carbons (Fsp3) is 0.308. The average molecular weight is 185 g/mol. The van der Waals surface area contributed by atoms with E-state index in [0.717, 1.165) is 18.4 Å². The highest BCUT2D eigenvalue weighted by Gasteiger charge is 2.03. The lowest BCUT2D eigenvalue weighted by Gasteiger charge is -2.07. The number of fused-ring (bicyclic) bond motifs is 1. The number of benzene rings is 1. The highest BCUT2D eigenvalue weighted by Crippen LogP contribution is 2.21. The molecular weight excluding hydrogens is 170 g/mol. The van der Waals surface area contributed by atoms with Gasteiger partial charge in [-0.2, -0.15) is 0 Å². The molecule has 0 saturated heterocycles. The Balaban J connectivity index is 2.81. The Bertz CT molecular complexity index is 407. The molecule has 1 heteroatoms. The first-order valence-corrected chi connectivity index (χ1v) is 5.22. The van der Waals surface area contributed by atoms with Crippen molar-refractivity contribution < 1.29 is 0 Å². The molecule has 1 aromatic carbocycles. The molecule has 0 unspecified atom stereocenters. The summed E-state index contributed by atoms with van der Waals surface area (Å²) in [6, 6.07) is 8.51. The second-order valence-electron chi connectivity index (χ2n) is 3.49. The van der Waals surface area contributed by atoms with Crippen LogP contribution in [0.5, 0.6) is 0 Å². The predicted octanol–water partition coefficient (Wildman–Crippen LogP) is 3.36. The number of nitrogens with zero attached hydrogens (tertiary/aromatic N) is 1. The molecule has 1 heterocycles. The van der Waals surface area contributed by atoms with E-state index in [2.05, 4.69) is 43.1 Å². The molecule has 0 radical (unpaired) electrons. The van der Waals surface area contributed by atoms with Crippen molar-refractivity contribution in [1.82, 2.24) is 4.98 Å². The number of aryl methyl sites for hydroxylation is 2. The first kappa shape index (κ1) is 9.20. The average Bonchev–Trinajstić information content (AvgIpc) is 2.27. The van der Waals surface area contributed by atoms with Crippen LogP contribution in [0, 0.1) is 0 Å². The van der Waals surface area contributed by atoms with Gasteiger partial charge in [0.05, 0.1) is 5.52 Å². The van der Waals surface area contributed by atoms with E-state index in [-0.39, 0.29) is 0 Å². The van der Waals surface area contributed by atoms with Gasteiger partial charge in [0.1, 0.15) is 0 Å². The lowest BCUT2D eigenvalue weighted by Crippen LogP contribution is -1.91. The standard InChI is InChI=1S/C13H15N/c1-3-10-6-5-7-12-13(10)11(4-2)8-9-14-12/h5-9H,3-4H2,1-2H3. The molecule has 0 atom stereocenters. The molecule has 0 fully saturated rings. The number of hydrogen-bond donors (Lipinski definition) is 0. The largest absolute Gasteiger partial charge is 0.256 e. The molecular formula is C13H15N. The van der Waals surface area contributed by atoms with Gasteiger partial charge in [-0.3, -0.25) is 4.98 Å². The van der Waals surface area contributed by atoms with Gasteiger partial charge in [-0.1, -0.05) is 26.0 Å². The van der Waals surface area contributed by atoms with Crippen LogP contribution in [0.2, 0.25) is 0 Å². The van der Waals surface area contributed by atoms with Crippen LogP contribution in [0.4, 0.5) is 0 Å². The molecule has 0 aliphatic rings. The molecule has 0 amide bonds. The first-order valence-electron chi connectivity index (χ1n) is 5.22. The topological polar surface area (TPSA) is 12.9 Å². The molecule has 0 saturated carbocycles. The Hall–Kier alpha value is -1.37. The Kier molecular flexibility index (Phi) is 2.49. The van der Waals surface area contributed by atoms with Gasteiger partial charge in [-0.05, 0) is 36.1 Å². The summed E-state index contributed by atoms with van der Waals surface area (Å²) >= 11 is 0. The summed E-state index contributed by atoms with van der Waals surface area (Å²) < 4.78 is 0. The fourth-order valence-electron chi connectivity index (χ4n) is 1.95. The summed E-state index contributed by atoms with van der Waals surface area (Å²) in [5, 5.41) is 1.36. The number of pyridine rings is 1. The van der Waals surface area contributed by atoms with Crippen molar-refractivity contribution >= 4 is 10.9 Å². The van der Waals surface area contributed by atoms with Crippen molar-refractivity contribution in [3.05, 3.63) is 41.6 Å². The lowest BCUT2D eigenvalue weighted by molar-refractivity contribution is 1.11. The van der Waals surface area contributed by atoms with Gasteiger partial charge in [0, 0.05) is 11.6 Å². The van der Waals surface area contributed by atoms with E-state index >= 15 is 0 Å². The lowest BCUT2D eigenvalue weighted by atomic mass is 10.0. The van der Waals surface area contributed by atoms with Crippen LogP contribution in [0.15, 0.2) is 30.5 Å². The van der Waals surface area contributed by atoms with E-state index in [0.29, 0.717) is 0 Å². The van der Waals surface area contributed by atoms with Crippen LogP contribution in [0.1, 0.15) is 25.0 Å².